The zero-order valence-electron chi connectivity index (χ0n) is 18.9. The second-order valence-corrected chi connectivity index (χ2v) is 9.30. The van der Waals surface area contributed by atoms with E-state index in [1.807, 2.05) is 28.0 Å². The average molecular weight is 484 g/mol. The van der Waals surface area contributed by atoms with E-state index < -0.39 is 0 Å². The number of anilines is 1. The summed E-state index contributed by atoms with van der Waals surface area (Å²) in [4.78, 5) is 23.9. The highest BCUT2D eigenvalue weighted by Crippen LogP contribution is 2.25. The fraction of sp³-hybridized carbons (Fsp3) is 0.400. The number of benzene rings is 2. The van der Waals surface area contributed by atoms with Crippen molar-refractivity contribution in [2.75, 3.05) is 44.2 Å². The molecule has 5 rings (SSSR count). The lowest BCUT2D eigenvalue weighted by Gasteiger charge is -2.39. The first kappa shape index (κ1) is 22.8. The zero-order valence-corrected chi connectivity index (χ0v) is 19.6. The van der Waals surface area contributed by atoms with Crippen molar-refractivity contribution >= 4 is 23.2 Å². The van der Waals surface area contributed by atoms with E-state index in [0.717, 1.165) is 24.9 Å². The molecule has 1 unspecified atom stereocenters. The van der Waals surface area contributed by atoms with Crippen molar-refractivity contribution in [1.29, 1.82) is 0 Å². The Morgan fingerprint density at radius 2 is 1.91 bits per heavy atom. The molecule has 0 spiro atoms. The van der Waals surface area contributed by atoms with Gasteiger partial charge in [-0.1, -0.05) is 41.0 Å². The van der Waals surface area contributed by atoms with Gasteiger partial charge in [-0.2, -0.15) is 4.98 Å². The lowest BCUT2D eigenvalue weighted by Crippen LogP contribution is -2.52. The maximum Gasteiger partial charge on any atom is 0.241 e. The number of aromatic nitrogens is 2. The van der Waals surface area contributed by atoms with E-state index >= 15 is 0 Å². The molecule has 0 N–H and O–H groups in total. The minimum atomic E-state index is -0.218. The Balaban J connectivity index is 1.16. The third-order valence-corrected chi connectivity index (χ3v) is 6.78. The molecule has 0 saturated carbocycles. The van der Waals surface area contributed by atoms with Crippen molar-refractivity contribution in [3.8, 4) is 11.4 Å². The monoisotopic (exact) mass is 483 g/mol. The lowest BCUT2D eigenvalue weighted by atomic mass is 9.96. The molecule has 2 fully saturated rings. The minimum Gasteiger partial charge on any atom is -0.366 e. The van der Waals surface area contributed by atoms with Crippen LogP contribution in [0.1, 0.15) is 18.7 Å². The fourth-order valence-corrected chi connectivity index (χ4v) is 4.98. The van der Waals surface area contributed by atoms with Gasteiger partial charge in [0.1, 0.15) is 5.82 Å². The fourth-order valence-electron chi connectivity index (χ4n) is 4.79. The molecule has 0 bridgehead atoms. The Kier molecular flexibility index (Phi) is 6.78. The van der Waals surface area contributed by atoms with Crippen molar-refractivity contribution in [1.82, 2.24) is 19.9 Å². The summed E-state index contributed by atoms with van der Waals surface area (Å²) in [5, 5.41) is 4.70. The predicted octanol–water partition coefficient (Wildman–Crippen LogP) is 4.09. The summed E-state index contributed by atoms with van der Waals surface area (Å²) in [7, 11) is 0. The van der Waals surface area contributed by atoms with Gasteiger partial charge < -0.3 is 14.3 Å². The molecular formula is C25H27ClFN5O2. The van der Waals surface area contributed by atoms with Crippen molar-refractivity contribution in [2.24, 2.45) is 5.92 Å². The largest absolute Gasteiger partial charge is 0.366 e. The number of piperazine rings is 1. The van der Waals surface area contributed by atoms with Crippen LogP contribution in [0.4, 0.5) is 10.1 Å². The summed E-state index contributed by atoms with van der Waals surface area (Å²) in [5.74, 6) is 0.952. The van der Waals surface area contributed by atoms with Gasteiger partial charge in [-0.3, -0.25) is 9.69 Å². The lowest BCUT2D eigenvalue weighted by molar-refractivity contribution is -0.137. The van der Waals surface area contributed by atoms with Crippen molar-refractivity contribution in [3.63, 3.8) is 0 Å². The molecular weight excluding hydrogens is 457 g/mol. The van der Waals surface area contributed by atoms with Crippen molar-refractivity contribution in [2.45, 2.75) is 19.4 Å². The number of likely N-dealkylation sites (tertiary alicyclic amines) is 1. The summed E-state index contributed by atoms with van der Waals surface area (Å²) < 4.78 is 19.6. The quantitative estimate of drug-likeness (QED) is 0.544. The summed E-state index contributed by atoms with van der Waals surface area (Å²) >= 11 is 6.06. The number of nitrogens with zero attached hydrogens (tertiary/aromatic N) is 5. The first-order valence-corrected chi connectivity index (χ1v) is 12.0. The Hall–Kier alpha value is -2.97. The van der Waals surface area contributed by atoms with Gasteiger partial charge in [0.2, 0.25) is 17.6 Å². The number of carbonyl (C=O) groups is 1. The Labute approximate surface area is 203 Å². The van der Waals surface area contributed by atoms with Crippen LogP contribution in [-0.4, -0.2) is 65.1 Å². The molecule has 9 heteroatoms. The molecule has 34 heavy (non-hydrogen) atoms. The van der Waals surface area contributed by atoms with Gasteiger partial charge in [-0.25, -0.2) is 4.39 Å². The maximum atomic E-state index is 14.1. The summed E-state index contributed by atoms with van der Waals surface area (Å²) in [6.07, 6.45) is 1.82. The molecule has 2 saturated heterocycles. The number of para-hydroxylation sites is 1. The van der Waals surface area contributed by atoms with Crippen LogP contribution in [0.5, 0.6) is 0 Å². The highest BCUT2D eigenvalue weighted by Gasteiger charge is 2.32. The van der Waals surface area contributed by atoms with Gasteiger partial charge in [0.25, 0.3) is 0 Å². The van der Waals surface area contributed by atoms with E-state index in [4.69, 9.17) is 16.1 Å². The molecule has 3 aromatic rings. The number of halogens is 2. The van der Waals surface area contributed by atoms with Gasteiger partial charge in [0.15, 0.2) is 0 Å². The molecule has 2 aliphatic rings. The zero-order chi connectivity index (χ0) is 23.5. The van der Waals surface area contributed by atoms with Crippen molar-refractivity contribution < 1.29 is 13.7 Å². The van der Waals surface area contributed by atoms with Gasteiger partial charge >= 0.3 is 0 Å². The van der Waals surface area contributed by atoms with E-state index in [0.29, 0.717) is 61.7 Å². The number of carbonyl (C=O) groups excluding carboxylic acids is 1. The van der Waals surface area contributed by atoms with E-state index in [1.54, 1.807) is 24.3 Å². The topological polar surface area (TPSA) is 65.7 Å². The van der Waals surface area contributed by atoms with Crippen LogP contribution in [0.25, 0.3) is 11.4 Å². The molecule has 2 aromatic carbocycles. The van der Waals surface area contributed by atoms with Gasteiger partial charge in [0, 0.05) is 43.3 Å². The second kappa shape index (κ2) is 10.1. The highest BCUT2D eigenvalue weighted by molar-refractivity contribution is 6.30. The first-order valence-electron chi connectivity index (χ1n) is 11.7. The molecule has 0 radical (unpaired) electrons. The van der Waals surface area contributed by atoms with Gasteiger partial charge in [-0.05, 0) is 43.7 Å². The normalized spacial score (nSPS) is 19.4. The molecule has 0 aliphatic carbocycles. The van der Waals surface area contributed by atoms with E-state index in [9.17, 15) is 9.18 Å². The number of amides is 1. The second-order valence-electron chi connectivity index (χ2n) is 8.86. The van der Waals surface area contributed by atoms with Crippen LogP contribution >= 0.6 is 11.6 Å². The SMILES string of the molecule is O=C(C1CCCN(Cc2nc(-c3cccc(Cl)c3)no2)C1)N1CCN(c2ccccc2F)CC1. The molecule has 1 aromatic heterocycles. The Morgan fingerprint density at radius 3 is 2.71 bits per heavy atom. The highest BCUT2D eigenvalue weighted by atomic mass is 35.5. The first-order chi connectivity index (χ1) is 16.6. The van der Waals surface area contributed by atoms with E-state index in [1.165, 1.54) is 6.07 Å². The van der Waals surface area contributed by atoms with E-state index in [-0.39, 0.29) is 17.6 Å². The summed E-state index contributed by atoms with van der Waals surface area (Å²) in [5.41, 5.74) is 1.42. The third-order valence-electron chi connectivity index (χ3n) is 6.55. The maximum absolute atomic E-state index is 14.1. The van der Waals surface area contributed by atoms with Crippen molar-refractivity contribution in [3.05, 3.63) is 65.3 Å². The predicted molar refractivity (Wildman–Crippen MR) is 128 cm³/mol. The van der Waals surface area contributed by atoms with Gasteiger partial charge in [-0.15, -0.1) is 0 Å². The Bertz CT molecular complexity index is 1150. The van der Waals surface area contributed by atoms with Crippen LogP contribution in [0.2, 0.25) is 5.02 Å². The standard InChI is InChI=1S/C25H27ClFN5O2/c26-20-7-3-5-18(15-20)24-28-23(34-29-24)17-30-10-4-6-19(16-30)25(33)32-13-11-31(12-14-32)22-9-2-1-8-21(22)27/h1-3,5,7-9,15,19H,4,6,10-14,16-17H2. The number of piperidine rings is 1. The average Bonchev–Trinajstić information content (AvgIpc) is 3.33. The summed E-state index contributed by atoms with van der Waals surface area (Å²) in [6.45, 7) is 4.56. The molecule has 178 valence electrons. The van der Waals surface area contributed by atoms with Gasteiger partial charge in [0.05, 0.1) is 18.2 Å². The summed E-state index contributed by atoms with van der Waals surface area (Å²) in [6, 6.07) is 14.2. The van der Waals surface area contributed by atoms with Crippen LogP contribution in [0.3, 0.4) is 0 Å². The smallest absolute Gasteiger partial charge is 0.241 e. The number of hydrogen-bond donors (Lipinski definition) is 0. The minimum absolute atomic E-state index is 0.0518. The molecule has 3 heterocycles. The molecule has 7 nitrogen and oxygen atoms in total. The Morgan fingerprint density at radius 1 is 1.09 bits per heavy atom. The van der Waals surface area contributed by atoms with Crippen LogP contribution in [0, 0.1) is 11.7 Å². The number of hydrogen-bond acceptors (Lipinski definition) is 6. The number of rotatable bonds is 5. The third kappa shape index (κ3) is 5.08. The molecule has 1 amide bonds. The van der Waals surface area contributed by atoms with E-state index in [2.05, 4.69) is 15.0 Å². The van der Waals surface area contributed by atoms with Crippen LogP contribution in [-0.2, 0) is 11.3 Å². The molecule has 2 aliphatic heterocycles. The van der Waals surface area contributed by atoms with Crippen LogP contribution in [0.15, 0.2) is 53.1 Å². The van der Waals surface area contributed by atoms with Crippen LogP contribution < -0.4 is 4.90 Å². The molecule has 1 atom stereocenters.